The zero-order chi connectivity index (χ0) is 19.4. The van der Waals surface area contributed by atoms with Gasteiger partial charge in [0.2, 0.25) is 0 Å². The summed E-state index contributed by atoms with van der Waals surface area (Å²) in [7, 11) is 0. The first-order valence-corrected chi connectivity index (χ1v) is 10.4. The highest BCUT2D eigenvalue weighted by Gasteiger charge is 2.09. The van der Waals surface area contributed by atoms with Crippen LogP contribution < -0.4 is 4.74 Å². The molecule has 27 heavy (non-hydrogen) atoms. The van der Waals surface area contributed by atoms with Crippen LogP contribution in [0.15, 0.2) is 68.5 Å². The predicted octanol–water partition coefficient (Wildman–Crippen LogP) is 7.81. The molecule has 5 heteroatoms. The number of rotatable bonds is 5. The van der Waals surface area contributed by atoms with Gasteiger partial charge in [0.1, 0.15) is 12.4 Å². The summed E-state index contributed by atoms with van der Waals surface area (Å²) in [6.45, 7) is 4.64. The SMILES string of the molecule is Cc1cccc(N=Cc2cc(Br)c(OCc3ccc(Cl)cc3)c(Br)c2)c1C. The van der Waals surface area contributed by atoms with Crippen molar-refractivity contribution in [2.45, 2.75) is 20.5 Å². The van der Waals surface area contributed by atoms with Gasteiger partial charge >= 0.3 is 0 Å². The Bertz CT molecular complexity index is 961. The van der Waals surface area contributed by atoms with Crippen molar-refractivity contribution in [1.29, 1.82) is 0 Å². The molecule has 3 rings (SSSR count). The van der Waals surface area contributed by atoms with E-state index in [9.17, 15) is 0 Å². The Hall–Kier alpha value is -1.62. The first-order valence-electron chi connectivity index (χ1n) is 8.40. The summed E-state index contributed by atoms with van der Waals surface area (Å²) >= 11 is 13.1. The lowest BCUT2D eigenvalue weighted by atomic mass is 10.1. The van der Waals surface area contributed by atoms with Gasteiger partial charge in [-0.05, 0) is 98.3 Å². The van der Waals surface area contributed by atoms with E-state index in [0.717, 1.165) is 31.5 Å². The lowest BCUT2D eigenvalue weighted by Crippen LogP contribution is -1.97. The quantitative estimate of drug-likeness (QED) is 0.323. The number of aryl methyl sites for hydroxylation is 1. The Morgan fingerprint density at radius 3 is 2.33 bits per heavy atom. The van der Waals surface area contributed by atoms with Crippen molar-refractivity contribution in [1.82, 2.24) is 0 Å². The second-order valence-corrected chi connectivity index (χ2v) is 8.35. The number of nitrogens with zero attached hydrogens (tertiary/aromatic N) is 1. The molecular weight excluding hydrogens is 490 g/mol. The molecule has 0 fully saturated rings. The Labute approximate surface area is 181 Å². The van der Waals surface area contributed by atoms with Gasteiger partial charge in [0.25, 0.3) is 0 Å². The molecule has 0 saturated heterocycles. The summed E-state index contributed by atoms with van der Waals surface area (Å²) in [5.41, 5.74) is 5.44. The monoisotopic (exact) mass is 505 g/mol. The van der Waals surface area contributed by atoms with Gasteiger partial charge < -0.3 is 4.74 Å². The smallest absolute Gasteiger partial charge is 0.148 e. The molecule has 3 aromatic rings. The first-order chi connectivity index (χ1) is 12.9. The summed E-state index contributed by atoms with van der Waals surface area (Å²) in [6, 6.07) is 17.8. The van der Waals surface area contributed by atoms with Crippen LogP contribution in [0.5, 0.6) is 5.75 Å². The molecule has 138 valence electrons. The summed E-state index contributed by atoms with van der Waals surface area (Å²) in [6.07, 6.45) is 1.86. The van der Waals surface area contributed by atoms with Gasteiger partial charge in [-0.15, -0.1) is 0 Å². The third kappa shape index (κ3) is 5.22. The van der Waals surface area contributed by atoms with Crippen molar-refractivity contribution in [3.63, 3.8) is 0 Å². The number of hydrogen-bond donors (Lipinski definition) is 0. The Morgan fingerprint density at radius 1 is 1.00 bits per heavy atom. The van der Waals surface area contributed by atoms with E-state index in [2.05, 4.69) is 56.8 Å². The van der Waals surface area contributed by atoms with E-state index >= 15 is 0 Å². The van der Waals surface area contributed by atoms with Crippen molar-refractivity contribution in [2.75, 3.05) is 0 Å². The minimum Gasteiger partial charge on any atom is -0.487 e. The zero-order valence-electron chi connectivity index (χ0n) is 15.0. The molecule has 0 N–H and O–H groups in total. The standard InChI is InChI=1S/C22H18Br2ClNO/c1-14-4-3-5-21(15(14)2)26-12-17-10-19(23)22(20(24)11-17)27-13-16-6-8-18(25)9-7-16/h3-12H,13H2,1-2H3. The Morgan fingerprint density at radius 2 is 1.67 bits per heavy atom. The average molecular weight is 508 g/mol. The molecule has 0 amide bonds. The van der Waals surface area contributed by atoms with Gasteiger partial charge in [-0.1, -0.05) is 35.9 Å². The number of halogens is 3. The molecule has 0 unspecified atom stereocenters. The van der Waals surface area contributed by atoms with E-state index < -0.39 is 0 Å². The molecule has 0 aliphatic rings. The maximum Gasteiger partial charge on any atom is 0.148 e. The number of aliphatic imine (C=N–C) groups is 1. The maximum absolute atomic E-state index is 5.96. The molecule has 0 aliphatic carbocycles. The molecule has 2 nitrogen and oxygen atoms in total. The molecule has 0 spiro atoms. The minimum absolute atomic E-state index is 0.463. The molecule has 0 heterocycles. The fourth-order valence-corrected chi connectivity index (χ4v) is 4.12. The Kier molecular flexibility index (Phi) is 6.74. The van der Waals surface area contributed by atoms with Crippen LogP contribution in [0.1, 0.15) is 22.3 Å². The van der Waals surface area contributed by atoms with Crippen LogP contribution in [0.4, 0.5) is 5.69 Å². The molecule has 0 saturated carbocycles. The lowest BCUT2D eigenvalue weighted by Gasteiger charge is -2.11. The first kappa shape index (κ1) is 20.1. The van der Waals surface area contributed by atoms with Crippen molar-refractivity contribution in [3.05, 3.63) is 90.8 Å². The summed E-state index contributed by atoms with van der Waals surface area (Å²) in [5, 5.41) is 0.716. The Balaban J connectivity index is 1.77. The van der Waals surface area contributed by atoms with E-state index in [4.69, 9.17) is 16.3 Å². The van der Waals surface area contributed by atoms with Crippen molar-refractivity contribution < 1.29 is 4.74 Å². The van der Waals surface area contributed by atoms with Gasteiger partial charge in [-0.25, -0.2) is 0 Å². The third-order valence-corrected chi connectivity index (χ3v) is 5.68. The van der Waals surface area contributed by atoms with Crippen molar-refractivity contribution in [3.8, 4) is 5.75 Å². The van der Waals surface area contributed by atoms with E-state index in [1.54, 1.807) is 0 Å². The predicted molar refractivity (Wildman–Crippen MR) is 121 cm³/mol. The maximum atomic E-state index is 5.96. The number of hydrogen-bond acceptors (Lipinski definition) is 2. The van der Waals surface area contributed by atoms with E-state index in [1.165, 1.54) is 11.1 Å². The van der Waals surface area contributed by atoms with Gasteiger partial charge in [-0.3, -0.25) is 4.99 Å². The van der Waals surface area contributed by atoms with Crippen LogP contribution in [0.2, 0.25) is 5.02 Å². The second kappa shape index (κ2) is 9.05. The molecular formula is C22H18Br2ClNO. The molecule has 0 aliphatic heterocycles. The average Bonchev–Trinajstić information content (AvgIpc) is 2.64. The van der Waals surface area contributed by atoms with Crippen molar-refractivity contribution in [2.24, 2.45) is 4.99 Å². The molecule has 0 radical (unpaired) electrons. The van der Waals surface area contributed by atoms with Crippen LogP contribution in [0, 0.1) is 13.8 Å². The van der Waals surface area contributed by atoms with Crippen LogP contribution in [0.25, 0.3) is 0 Å². The molecule has 0 atom stereocenters. The minimum atomic E-state index is 0.463. The van der Waals surface area contributed by atoms with E-state index in [-0.39, 0.29) is 0 Å². The fourth-order valence-electron chi connectivity index (χ4n) is 2.55. The molecule has 0 bridgehead atoms. The number of ether oxygens (including phenoxy) is 1. The molecule has 3 aromatic carbocycles. The van der Waals surface area contributed by atoms with Gasteiger partial charge in [0.05, 0.1) is 14.6 Å². The largest absolute Gasteiger partial charge is 0.487 e. The highest BCUT2D eigenvalue weighted by atomic mass is 79.9. The normalized spacial score (nSPS) is 11.1. The van der Waals surface area contributed by atoms with E-state index in [0.29, 0.717) is 11.6 Å². The van der Waals surface area contributed by atoms with Crippen LogP contribution in [-0.4, -0.2) is 6.21 Å². The van der Waals surface area contributed by atoms with Gasteiger partial charge in [0.15, 0.2) is 0 Å². The summed E-state index contributed by atoms with van der Waals surface area (Å²) in [4.78, 5) is 4.63. The second-order valence-electron chi connectivity index (χ2n) is 6.21. The topological polar surface area (TPSA) is 21.6 Å². The third-order valence-electron chi connectivity index (χ3n) is 4.25. The summed E-state index contributed by atoms with van der Waals surface area (Å²) < 4.78 is 7.70. The summed E-state index contributed by atoms with van der Waals surface area (Å²) in [5.74, 6) is 0.758. The van der Waals surface area contributed by atoms with Crippen LogP contribution >= 0.6 is 43.5 Å². The van der Waals surface area contributed by atoms with Gasteiger partial charge in [0, 0.05) is 11.2 Å². The molecule has 0 aromatic heterocycles. The van der Waals surface area contributed by atoms with Crippen LogP contribution in [-0.2, 0) is 6.61 Å². The fraction of sp³-hybridized carbons (Fsp3) is 0.136. The number of benzene rings is 3. The van der Waals surface area contributed by atoms with E-state index in [1.807, 2.05) is 54.7 Å². The van der Waals surface area contributed by atoms with Crippen LogP contribution in [0.3, 0.4) is 0 Å². The van der Waals surface area contributed by atoms with Gasteiger partial charge in [-0.2, -0.15) is 0 Å². The zero-order valence-corrected chi connectivity index (χ0v) is 18.9. The highest BCUT2D eigenvalue weighted by molar-refractivity contribution is 9.11. The lowest BCUT2D eigenvalue weighted by molar-refractivity contribution is 0.302. The highest BCUT2D eigenvalue weighted by Crippen LogP contribution is 2.35. The van der Waals surface area contributed by atoms with Crippen molar-refractivity contribution >= 4 is 55.4 Å².